The Morgan fingerprint density at radius 2 is 1.83 bits per heavy atom. The molecule has 0 radical (unpaired) electrons. The molecule has 4 rings (SSSR count). The highest BCUT2D eigenvalue weighted by atomic mass is 19.4. The third kappa shape index (κ3) is 3.83. The van der Waals surface area contributed by atoms with Crippen molar-refractivity contribution in [2.45, 2.75) is 77.4 Å². The molecule has 1 aliphatic carbocycles. The van der Waals surface area contributed by atoms with Crippen molar-refractivity contribution in [2.75, 3.05) is 6.54 Å². The molecule has 1 saturated carbocycles. The summed E-state index contributed by atoms with van der Waals surface area (Å²) in [4.78, 5) is 22.7. The Bertz CT molecular complexity index is 921. The van der Waals surface area contributed by atoms with Gasteiger partial charge in [-0.2, -0.15) is 18.2 Å². The summed E-state index contributed by atoms with van der Waals surface area (Å²) < 4.78 is 39.9. The van der Waals surface area contributed by atoms with Gasteiger partial charge in [0.1, 0.15) is 0 Å². The number of aryl methyl sites for hydroxylation is 2. The van der Waals surface area contributed by atoms with Gasteiger partial charge in [-0.1, -0.05) is 12.8 Å². The molecule has 29 heavy (non-hydrogen) atoms. The summed E-state index contributed by atoms with van der Waals surface area (Å²) >= 11 is 0. The first-order chi connectivity index (χ1) is 13.8. The number of likely N-dealkylation sites (tertiary alicyclic amines) is 1. The molecule has 0 N–H and O–H groups in total. The number of carbonyl (C=O) groups excluding carboxylic acids is 1. The lowest BCUT2D eigenvalue weighted by molar-refractivity contribution is -0.144. The third-order valence-electron chi connectivity index (χ3n) is 6.45. The molecule has 6 nitrogen and oxygen atoms in total. The lowest BCUT2D eigenvalue weighted by atomic mass is 9.78. The van der Waals surface area contributed by atoms with Crippen LogP contribution >= 0.6 is 0 Å². The molecule has 1 amide bonds. The second-order valence-electron chi connectivity index (χ2n) is 8.25. The standard InChI is InChI=1S/C20H26F3N5O/c1-12-15(13(2)28-19(24-12)25-18(26-28)20(21,22)23)9-10-17(29)27-11-5-7-14-6-3-4-8-16(14)27/h14,16H,3-11H2,1-2H3. The van der Waals surface area contributed by atoms with E-state index in [0.29, 0.717) is 36.2 Å². The minimum Gasteiger partial charge on any atom is -0.339 e. The number of aromatic nitrogens is 4. The van der Waals surface area contributed by atoms with Gasteiger partial charge in [0.25, 0.3) is 11.6 Å². The molecule has 2 atom stereocenters. The number of carbonyl (C=O) groups is 1. The fourth-order valence-corrected chi connectivity index (χ4v) is 5.00. The van der Waals surface area contributed by atoms with Crippen LogP contribution in [0.4, 0.5) is 13.2 Å². The second kappa shape index (κ2) is 7.57. The number of nitrogens with zero attached hydrogens (tertiary/aromatic N) is 5. The lowest BCUT2D eigenvalue weighted by Crippen LogP contribution is -2.49. The van der Waals surface area contributed by atoms with Crippen LogP contribution in [0.15, 0.2) is 0 Å². The molecule has 2 aliphatic rings. The van der Waals surface area contributed by atoms with E-state index in [4.69, 9.17) is 0 Å². The van der Waals surface area contributed by atoms with E-state index in [1.807, 2.05) is 0 Å². The smallest absolute Gasteiger partial charge is 0.339 e. The number of rotatable bonds is 3. The summed E-state index contributed by atoms with van der Waals surface area (Å²) in [5.74, 6) is -0.505. The first-order valence-corrected chi connectivity index (χ1v) is 10.3. The van der Waals surface area contributed by atoms with Crippen molar-refractivity contribution in [3.8, 4) is 0 Å². The molecular formula is C20H26F3N5O. The molecule has 0 bridgehead atoms. The van der Waals surface area contributed by atoms with E-state index in [0.717, 1.165) is 29.5 Å². The number of halogens is 3. The van der Waals surface area contributed by atoms with Gasteiger partial charge in [-0.15, -0.1) is 5.10 Å². The normalized spacial score (nSPS) is 22.7. The van der Waals surface area contributed by atoms with Crippen LogP contribution in [-0.4, -0.2) is 43.0 Å². The van der Waals surface area contributed by atoms with Crippen LogP contribution < -0.4 is 0 Å². The lowest BCUT2D eigenvalue weighted by Gasteiger charge is -2.44. The molecule has 0 spiro atoms. The van der Waals surface area contributed by atoms with Crippen molar-refractivity contribution in [3.63, 3.8) is 0 Å². The summed E-state index contributed by atoms with van der Waals surface area (Å²) in [5.41, 5.74) is 1.91. The van der Waals surface area contributed by atoms with Crippen molar-refractivity contribution < 1.29 is 18.0 Å². The highest BCUT2D eigenvalue weighted by Gasteiger charge is 2.37. The Kier molecular flexibility index (Phi) is 5.25. The van der Waals surface area contributed by atoms with Crippen molar-refractivity contribution in [1.29, 1.82) is 0 Å². The zero-order valence-corrected chi connectivity index (χ0v) is 16.8. The van der Waals surface area contributed by atoms with Gasteiger partial charge in [0.05, 0.1) is 0 Å². The SMILES string of the molecule is Cc1nc2nc(C(F)(F)F)nn2c(C)c1CCC(=O)N1CCCC2CCCCC21. The maximum atomic E-state index is 13.0. The average Bonchev–Trinajstić information content (AvgIpc) is 3.12. The number of alkyl halides is 3. The van der Waals surface area contributed by atoms with Crippen molar-refractivity contribution in [3.05, 3.63) is 22.8 Å². The summed E-state index contributed by atoms with van der Waals surface area (Å²) in [6.45, 7) is 4.26. The minimum atomic E-state index is -4.62. The largest absolute Gasteiger partial charge is 0.453 e. The molecule has 158 valence electrons. The zero-order valence-electron chi connectivity index (χ0n) is 16.8. The average molecular weight is 409 g/mol. The van der Waals surface area contributed by atoms with Gasteiger partial charge in [0, 0.05) is 30.4 Å². The van der Waals surface area contributed by atoms with Gasteiger partial charge in [-0.05, 0) is 57.4 Å². The minimum absolute atomic E-state index is 0.0662. The molecule has 2 aromatic rings. The van der Waals surface area contributed by atoms with E-state index in [-0.39, 0.29) is 11.7 Å². The predicted octanol–water partition coefficient (Wildman–Crippen LogP) is 3.87. The number of piperidine rings is 1. The summed E-state index contributed by atoms with van der Waals surface area (Å²) in [6.07, 6.45) is 3.14. The molecule has 9 heteroatoms. The maximum Gasteiger partial charge on any atom is 0.453 e. The van der Waals surface area contributed by atoms with Gasteiger partial charge >= 0.3 is 6.18 Å². The quantitative estimate of drug-likeness (QED) is 0.772. The fourth-order valence-electron chi connectivity index (χ4n) is 5.00. The summed E-state index contributed by atoms with van der Waals surface area (Å²) in [6, 6.07) is 0.359. The van der Waals surface area contributed by atoms with E-state index in [1.165, 1.54) is 25.7 Å². The first-order valence-electron chi connectivity index (χ1n) is 10.3. The van der Waals surface area contributed by atoms with Crippen molar-refractivity contribution >= 4 is 11.7 Å². The van der Waals surface area contributed by atoms with Gasteiger partial charge in [-0.3, -0.25) is 4.79 Å². The highest BCUT2D eigenvalue weighted by molar-refractivity contribution is 5.77. The Morgan fingerprint density at radius 1 is 1.10 bits per heavy atom. The molecule has 1 aliphatic heterocycles. The predicted molar refractivity (Wildman–Crippen MR) is 100 cm³/mol. The highest BCUT2D eigenvalue weighted by Crippen LogP contribution is 2.35. The monoisotopic (exact) mass is 409 g/mol. The Hall–Kier alpha value is -2.19. The number of hydrogen-bond acceptors (Lipinski definition) is 4. The molecule has 2 aromatic heterocycles. The van der Waals surface area contributed by atoms with Crippen molar-refractivity contribution in [1.82, 2.24) is 24.5 Å². The van der Waals surface area contributed by atoms with Crippen LogP contribution in [0.3, 0.4) is 0 Å². The zero-order chi connectivity index (χ0) is 20.8. The van der Waals surface area contributed by atoms with Crippen molar-refractivity contribution in [2.24, 2.45) is 5.92 Å². The van der Waals surface area contributed by atoms with Gasteiger partial charge in [0.15, 0.2) is 0 Å². The van der Waals surface area contributed by atoms with E-state index < -0.39 is 12.0 Å². The van der Waals surface area contributed by atoms with E-state index >= 15 is 0 Å². The van der Waals surface area contributed by atoms with Crippen LogP contribution in [0.2, 0.25) is 0 Å². The number of hydrogen-bond donors (Lipinski definition) is 0. The molecule has 3 heterocycles. The Morgan fingerprint density at radius 3 is 2.59 bits per heavy atom. The molecule has 2 fully saturated rings. The Labute approximate surface area is 167 Å². The van der Waals surface area contributed by atoms with E-state index in [2.05, 4.69) is 20.0 Å². The molecule has 2 unspecified atom stereocenters. The van der Waals surface area contributed by atoms with Crippen LogP contribution in [-0.2, 0) is 17.4 Å². The van der Waals surface area contributed by atoms with Gasteiger partial charge in [0.2, 0.25) is 5.91 Å². The van der Waals surface area contributed by atoms with Crippen LogP contribution in [0.5, 0.6) is 0 Å². The maximum absolute atomic E-state index is 13.0. The number of fused-ring (bicyclic) bond motifs is 2. The third-order valence-corrected chi connectivity index (χ3v) is 6.45. The fraction of sp³-hybridized carbons (Fsp3) is 0.700. The molecule has 0 aromatic carbocycles. The summed E-state index contributed by atoms with van der Waals surface area (Å²) in [5, 5.41) is 3.58. The van der Waals surface area contributed by atoms with Gasteiger partial charge < -0.3 is 4.90 Å². The van der Waals surface area contributed by atoms with Gasteiger partial charge in [-0.25, -0.2) is 9.50 Å². The topological polar surface area (TPSA) is 63.4 Å². The second-order valence-corrected chi connectivity index (χ2v) is 8.25. The van der Waals surface area contributed by atoms with Crippen LogP contribution in [0, 0.1) is 19.8 Å². The molecule has 1 saturated heterocycles. The Balaban J connectivity index is 1.52. The van der Waals surface area contributed by atoms with E-state index in [9.17, 15) is 18.0 Å². The molecular weight excluding hydrogens is 383 g/mol. The summed E-state index contributed by atoms with van der Waals surface area (Å²) in [7, 11) is 0. The van der Waals surface area contributed by atoms with Crippen LogP contribution in [0.1, 0.15) is 67.7 Å². The van der Waals surface area contributed by atoms with Crippen LogP contribution in [0.25, 0.3) is 5.78 Å². The van der Waals surface area contributed by atoms with E-state index in [1.54, 1.807) is 13.8 Å². The number of amides is 1. The first kappa shape index (κ1) is 20.1.